The monoisotopic (exact) mass is 579 g/mol. The number of benzene rings is 2. The van der Waals surface area contributed by atoms with Crippen LogP contribution in [0.25, 0.3) is 0 Å². The summed E-state index contributed by atoms with van der Waals surface area (Å²) in [7, 11) is -9.26. The second-order valence-electron chi connectivity index (χ2n) is 7.98. The van der Waals surface area contributed by atoms with Crippen molar-refractivity contribution in [3.05, 3.63) is 84.6 Å². The van der Waals surface area contributed by atoms with Gasteiger partial charge in [-0.2, -0.15) is 10.3 Å². The molecule has 2 aliphatic rings. The molecule has 4 rings (SSSR count). The number of para-hydroxylation sites is 1. The first kappa shape index (κ1) is 27.9. The molecule has 0 aromatic heterocycles. The van der Waals surface area contributed by atoms with Crippen molar-refractivity contribution in [1.29, 1.82) is 5.26 Å². The van der Waals surface area contributed by atoms with Gasteiger partial charge >= 0.3 is 0 Å². The molecule has 0 amide bonds. The molecule has 1 saturated heterocycles. The van der Waals surface area contributed by atoms with Crippen LogP contribution in [0.3, 0.4) is 0 Å². The van der Waals surface area contributed by atoms with Crippen molar-refractivity contribution in [1.82, 2.24) is 19.9 Å². The Kier molecular flexibility index (Phi) is 8.91. The number of sulfonamides is 1. The van der Waals surface area contributed by atoms with Gasteiger partial charge in [0, 0.05) is 6.08 Å². The number of nitrogens with one attached hydrogen (secondary N) is 1. The van der Waals surface area contributed by atoms with Gasteiger partial charge in [-0.15, -0.1) is 4.48 Å². The fourth-order valence-electron chi connectivity index (χ4n) is 3.45. The Labute approximate surface area is 224 Å². The Balaban J connectivity index is 1.36. The molecule has 15 heteroatoms. The third kappa shape index (κ3) is 7.03. The molecule has 0 radical (unpaired) electrons. The van der Waals surface area contributed by atoms with Crippen LogP contribution in [0.4, 0.5) is 4.48 Å². The summed E-state index contributed by atoms with van der Waals surface area (Å²) in [6.45, 7) is 1.77. The standard InChI is InChI=1S/C23H23FN5O6PS2/c24-29-23(38(32,33)26-18-36(30,31)35-21-7-3-1-4-8-21)37-22(28(29)17-25)19-9-11-20(12-10-19)34-16-15-27-13-5-2-6-14-27/h1-12,22-23,26H,13,15-16,18H2. The second-order valence-corrected chi connectivity index (χ2v) is 13.0. The topological polar surface area (TPSA) is 138 Å². The van der Waals surface area contributed by atoms with Crippen molar-refractivity contribution >= 4 is 29.4 Å². The number of nitrogens with zero attached hydrogens (tertiary/aromatic N) is 4. The Morgan fingerprint density at radius 3 is 2.61 bits per heavy atom. The van der Waals surface area contributed by atoms with E-state index >= 15 is 0 Å². The van der Waals surface area contributed by atoms with Gasteiger partial charge in [0.1, 0.15) is 23.5 Å². The van der Waals surface area contributed by atoms with Gasteiger partial charge in [-0.3, -0.25) is 4.57 Å². The number of halogens is 1. The number of allylic oxidation sites excluding steroid dienone is 2. The van der Waals surface area contributed by atoms with Crippen LogP contribution in [0.15, 0.2) is 72.8 Å². The predicted molar refractivity (Wildman–Crippen MR) is 137 cm³/mol. The second kappa shape index (κ2) is 12.1. The Morgan fingerprint density at radius 1 is 1.21 bits per heavy atom. The van der Waals surface area contributed by atoms with Gasteiger partial charge in [0.15, 0.2) is 26.1 Å². The lowest BCUT2D eigenvalue weighted by molar-refractivity contribution is -0.191. The van der Waals surface area contributed by atoms with Crippen LogP contribution in [-0.4, -0.2) is 54.2 Å². The van der Waals surface area contributed by atoms with Gasteiger partial charge in [-0.05, 0) is 35.1 Å². The van der Waals surface area contributed by atoms with E-state index < -0.39 is 34.0 Å². The fourth-order valence-corrected chi connectivity index (χ4v) is 7.88. The molecule has 2 heterocycles. The van der Waals surface area contributed by atoms with Crippen molar-refractivity contribution in [3.8, 4) is 17.7 Å². The van der Waals surface area contributed by atoms with Gasteiger partial charge in [-0.1, -0.05) is 42.1 Å². The Hall–Kier alpha value is -3.14. The highest BCUT2D eigenvalue weighted by Crippen LogP contribution is 2.47. The maximum absolute atomic E-state index is 14.9. The van der Waals surface area contributed by atoms with Crippen LogP contribution < -0.4 is 18.9 Å². The lowest BCUT2D eigenvalue weighted by atomic mass is 10.2. The highest BCUT2D eigenvalue weighted by Gasteiger charge is 2.49. The van der Waals surface area contributed by atoms with Crippen molar-refractivity contribution in [3.63, 3.8) is 0 Å². The normalized spacial score (nSPS) is 21.0. The Morgan fingerprint density at radius 2 is 1.95 bits per heavy atom. The summed E-state index contributed by atoms with van der Waals surface area (Å²) in [5.74, 6) is 0.554. The molecule has 1 N–H and O–H groups in total. The minimum absolute atomic E-state index is 0.00866. The maximum atomic E-state index is 14.9. The number of ether oxygens (including phenoxy) is 1. The summed E-state index contributed by atoms with van der Waals surface area (Å²) in [4.78, 5) is 14.2. The minimum Gasteiger partial charge on any atom is -0.768 e. The van der Waals surface area contributed by atoms with Crippen molar-refractivity contribution in [2.75, 3.05) is 26.0 Å². The minimum atomic E-state index is -4.69. The molecule has 11 nitrogen and oxygen atoms in total. The molecule has 3 atom stereocenters. The molecular weight excluding hydrogens is 556 g/mol. The zero-order valence-electron chi connectivity index (χ0n) is 19.8. The Bertz CT molecular complexity index is 1360. The first-order valence-electron chi connectivity index (χ1n) is 11.2. The maximum Gasteiger partial charge on any atom is 0.242 e. The lowest BCUT2D eigenvalue weighted by Crippen LogP contribution is -2.42. The highest BCUT2D eigenvalue weighted by molar-refractivity contribution is 8.13. The number of rotatable bonds is 11. The van der Waals surface area contributed by atoms with E-state index in [-0.39, 0.29) is 11.0 Å². The van der Waals surface area contributed by atoms with E-state index in [2.05, 4.69) is 6.20 Å². The van der Waals surface area contributed by atoms with Crippen LogP contribution in [-0.2, 0) is 14.6 Å². The summed E-state index contributed by atoms with van der Waals surface area (Å²) in [6.07, 6.45) is 9.34. The van der Waals surface area contributed by atoms with E-state index in [0.29, 0.717) is 41.2 Å². The molecule has 0 bridgehead atoms. The number of nitriles is 1. The van der Waals surface area contributed by atoms with Crippen LogP contribution in [0, 0.1) is 17.7 Å². The average Bonchev–Trinajstić information content (AvgIpc) is 3.26. The quantitative estimate of drug-likeness (QED) is 0.182. The molecule has 1 fully saturated rings. The highest BCUT2D eigenvalue weighted by atomic mass is 32.3. The van der Waals surface area contributed by atoms with E-state index in [1.165, 1.54) is 12.1 Å². The van der Waals surface area contributed by atoms with E-state index in [1.807, 2.05) is 27.9 Å². The molecule has 200 valence electrons. The van der Waals surface area contributed by atoms with Crippen LogP contribution in [0.1, 0.15) is 10.9 Å². The third-order valence-electron chi connectivity index (χ3n) is 5.27. The van der Waals surface area contributed by atoms with Crippen LogP contribution in [0.2, 0.25) is 0 Å². The first-order valence-corrected chi connectivity index (χ1v) is 15.4. The van der Waals surface area contributed by atoms with Gasteiger partial charge in [0.2, 0.25) is 14.7 Å². The lowest BCUT2D eigenvalue weighted by Gasteiger charge is -2.25. The zero-order chi connectivity index (χ0) is 27.2. The average molecular weight is 580 g/mol. The molecular formula is C23H23FN5O6PS2. The van der Waals surface area contributed by atoms with E-state index in [4.69, 9.17) is 9.26 Å². The van der Waals surface area contributed by atoms with E-state index in [0.717, 1.165) is 6.54 Å². The zero-order valence-corrected chi connectivity index (χ0v) is 22.3. The number of thioether (sulfide) groups is 1. The molecule has 0 aliphatic carbocycles. The fraction of sp³-hybridized carbons (Fsp3) is 0.261. The summed E-state index contributed by atoms with van der Waals surface area (Å²) in [5.41, 5.74) is 0.448. The third-order valence-corrected chi connectivity index (χ3v) is 10.0. The molecule has 2 aromatic carbocycles. The van der Waals surface area contributed by atoms with Gasteiger partial charge < -0.3 is 14.2 Å². The van der Waals surface area contributed by atoms with Crippen LogP contribution >= 0.6 is 19.4 Å². The summed E-state index contributed by atoms with van der Waals surface area (Å²) < 4.78 is 63.3. The smallest absolute Gasteiger partial charge is 0.242 e. The van der Waals surface area contributed by atoms with Gasteiger partial charge in [0.25, 0.3) is 0 Å². The molecule has 2 aromatic rings. The van der Waals surface area contributed by atoms with Crippen molar-refractivity contribution < 1.29 is 31.6 Å². The van der Waals surface area contributed by atoms with Crippen LogP contribution in [0.5, 0.6) is 11.5 Å². The van der Waals surface area contributed by atoms with E-state index in [1.54, 1.807) is 48.7 Å². The number of hydrogen-bond acceptors (Lipinski definition) is 11. The van der Waals surface area contributed by atoms with Crippen molar-refractivity contribution in [2.45, 2.75) is 10.1 Å². The first-order chi connectivity index (χ1) is 18.2. The molecule has 3 unspecified atom stereocenters. The molecule has 0 spiro atoms. The van der Waals surface area contributed by atoms with Gasteiger partial charge in [0.05, 0.1) is 25.5 Å². The SMILES string of the molecule is N#CN1C(c2ccc(OCCN3[C+]=CC=CC3)cc2)SC(S(=O)(=O)NCP(=O)([O-])Oc2ccccc2)N1F. The van der Waals surface area contributed by atoms with Gasteiger partial charge in [-0.25, -0.2) is 18.0 Å². The predicted octanol–water partition coefficient (Wildman–Crippen LogP) is 2.68. The number of hydrazine groups is 1. The summed E-state index contributed by atoms with van der Waals surface area (Å²) >= 11 is 0.614. The molecule has 2 aliphatic heterocycles. The molecule has 0 saturated carbocycles. The summed E-state index contributed by atoms with van der Waals surface area (Å²) in [5, 5.41) is 8.78. The van der Waals surface area contributed by atoms with E-state index in [9.17, 15) is 27.6 Å². The van der Waals surface area contributed by atoms with Crippen molar-refractivity contribution in [2.24, 2.45) is 0 Å². The summed E-state index contributed by atoms with van der Waals surface area (Å²) in [6, 6.07) is 14.0. The number of hydrogen-bond donors (Lipinski definition) is 1. The molecule has 38 heavy (non-hydrogen) atoms. The largest absolute Gasteiger partial charge is 0.768 e.